The molecule has 3 amide bonds. The minimum absolute atomic E-state index is 0.00184. The zero-order valence-corrected chi connectivity index (χ0v) is 24.7. The van der Waals surface area contributed by atoms with Crippen molar-refractivity contribution in [2.24, 2.45) is 0 Å². The summed E-state index contributed by atoms with van der Waals surface area (Å²) in [4.78, 5) is 42.9. The molecule has 0 heterocycles. The number of carbonyl (C=O) groups excluding carboxylic acids is 3. The predicted octanol–water partition coefficient (Wildman–Crippen LogP) is 5.65. The number of ether oxygens (including phenoxy) is 1. The van der Waals surface area contributed by atoms with Gasteiger partial charge in [-0.25, -0.2) is 4.79 Å². The van der Waals surface area contributed by atoms with Crippen LogP contribution in [-0.4, -0.2) is 51.1 Å². The SMILES string of the molecule is CC(C)(C)OC(=O)NC(Cc1ccccc1)C(=O)N(C(C(=O)NC1CCCCC1)c1cccc(O)c1)C(C)(C)C. The second-order valence-electron chi connectivity index (χ2n) is 12.6. The zero-order chi connectivity index (χ0) is 29.5. The van der Waals surface area contributed by atoms with Crippen LogP contribution in [0.25, 0.3) is 0 Å². The number of phenols is 1. The van der Waals surface area contributed by atoms with Crippen LogP contribution in [-0.2, 0) is 20.7 Å². The fraction of sp³-hybridized carbons (Fsp3) is 0.531. The first kappa shape index (κ1) is 31.0. The molecule has 0 aliphatic heterocycles. The van der Waals surface area contributed by atoms with E-state index >= 15 is 0 Å². The summed E-state index contributed by atoms with van der Waals surface area (Å²) in [5, 5.41) is 16.3. The van der Waals surface area contributed by atoms with Crippen LogP contribution in [0.2, 0.25) is 0 Å². The van der Waals surface area contributed by atoms with E-state index in [1.807, 2.05) is 51.1 Å². The average Bonchev–Trinajstić information content (AvgIpc) is 2.85. The lowest BCUT2D eigenvalue weighted by Gasteiger charge is -2.43. The monoisotopic (exact) mass is 551 g/mol. The number of carbonyl (C=O) groups is 3. The summed E-state index contributed by atoms with van der Waals surface area (Å²) in [5.41, 5.74) is -0.224. The third kappa shape index (κ3) is 9.00. The van der Waals surface area contributed by atoms with Crippen molar-refractivity contribution in [3.63, 3.8) is 0 Å². The van der Waals surface area contributed by atoms with Crippen molar-refractivity contribution in [2.45, 2.75) is 109 Å². The molecule has 0 aromatic heterocycles. The highest BCUT2D eigenvalue weighted by molar-refractivity contribution is 5.93. The first-order valence-electron chi connectivity index (χ1n) is 14.2. The molecule has 2 unspecified atom stereocenters. The van der Waals surface area contributed by atoms with Crippen molar-refractivity contribution in [1.82, 2.24) is 15.5 Å². The fourth-order valence-electron chi connectivity index (χ4n) is 5.15. The second-order valence-corrected chi connectivity index (χ2v) is 12.6. The van der Waals surface area contributed by atoms with Gasteiger partial charge in [-0.05, 0) is 77.6 Å². The molecule has 8 nitrogen and oxygen atoms in total. The molecule has 1 saturated carbocycles. The van der Waals surface area contributed by atoms with Crippen LogP contribution in [0, 0.1) is 0 Å². The molecule has 0 radical (unpaired) electrons. The van der Waals surface area contributed by atoms with Gasteiger partial charge in [-0.3, -0.25) is 9.59 Å². The number of alkyl carbamates (subject to hydrolysis) is 1. The van der Waals surface area contributed by atoms with Gasteiger partial charge in [0.05, 0.1) is 0 Å². The lowest BCUT2D eigenvalue weighted by atomic mass is 9.92. The third-order valence-electron chi connectivity index (χ3n) is 6.88. The van der Waals surface area contributed by atoms with E-state index in [0.29, 0.717) is 5.56 Å². The lowest BCUT2D eigenvalue weighted by Crippen LogP contribution is -2.59. The highest BCUT2D eigenvalue weighted by atomic mass is 16.6. The molecular formula is C32H45N3O5. The standard InChI is InChI=1S/C32H45N3O5/c1-31(2,3)35(27(23-16-13-19-25(36)21-23)28(37)33-24-17-11-8-12-18-24)29(38)26(20-22-14-9-7-10-15-22)34-30(39)40-32(4,5)6/h7,9-10,13-16,19,21,24,26-27,36H,8,11-12,17-18,20H2,1-6H3,(H,33,37)(H,34,39). The molecule has 1 aliphatic rings. The normalized spacial score (nSPS) is 15.9. The minimum Gasteiger partial charge on any atom is -0.508 e. The first-order chi connectivity index (χ1) is 18.7. The summed E-state index contributed by atoms with van der Waals surface area (Å²) in [6.07, 6.45) is 4.51. The Bertz CT molecular complexity index is 1150. The van der Waals surface area contributed by atoms with E-state index in [9.17, 15) is 19.5 Å². The van der Waals surface area contributed by atoms with E-state index in [2.05, 4.69) is 10.6 Å². The molecule has 1 aliphatic carbocycles. The number of nitrogens with one attached hydrogen (secondary N) is 2. The Balaban J connectivity index is 2.04. The van der Waals surface area contributed by atoms with E-state index in [1.54, 1.807) is 32.9 Å². The van der Waals surface area contributed by atoms with E-state index in [0.717, 1.165) is 37.7 Å². The van der Waals surface area contributed by atoms with Gasteiger partial charge < -0.3 is 25.4 Å². The smallest absolute Gasteiger partial charge is 0.408 e. The fourth-order valence-corrected chi connectivity index (χ4v) is 5.15. The van der Waals surface area contributed by atoms with Crippen molar-refractivity contribution in [2.75, 3.05) is 0 Å². The van der Waals surface area contributed by atoms with E-state index in [1.165, 1.54) is 17.0 Å². The van der Waals surface area contributed by atoms with Crippen LogP contribution < -0.4 is 10.6 Å². The van der Waals surface area contributed by atoms with E-state index in [-0.39, 0.29) is 24.1 Å². The number of hydrogen-bond donors (Lipinski definition) is 3. The molecule has 1 fully saturated rings. The summed E-state index contributed by atoms with van der Waals surface area (Å²) in [5.74, 6) is -0.729. The largest absolute Gasteiger partial charge is 0.508 e. The van der Waals surface area contributed by atoms with Gasteiger partial charge >= 0.3 is 6.09 Å². The number of aromatic hydroxyl groups is 1. The Labute approximate surface area is 238 Å². The van der Waals surface area contributed by atoms with Gasteiger partial charge in [-0.2, -0.15) is 0 Å². The van der Waals surface area contributed by atoms with Gasteiger partial charge in [0.2, 0.25) is 11.8 Å². The summed E-state index contributed by atoms with van der Waals surface area (Å²) in [6, 6.07) is 13.9. The van der Waals surface area contributed by atoms with Crippen molar-refractivity contribution < 1.29 is 24.2 Å². The highest BCUT2D eigenvalue weighted by Gasteiger charge is 2.42. The van der Waals surface area contributed by atoms with Gasteiger partial charge in [0, 0.05) is 18.0 Å². The number of nitrogens with zero attached hydrogens (tertiary/aromatic N) is 1. The average molecular weight is 552 g/mol. The Kier molecular flexibility index (Phi) is 10.2. The molecule has 3 N–H and O–H groups in total. The zero-order valence-electron chi connectivity index (χ0n) is 24.7. The second kappa shape index (κ2) is 13.2. The van der Waals surface area contributed by atoms with E-state index in [4.69, 9.17) is 4.74 Å². The topological polar surface area (TPSA) is 108 Å². The molecule has 2 aromatic rings. The molecule has 0 spiro atoms. The molecule has 2 aromatic carbocycles. The number of amides is 3. The van der Waals surface area contributed by atoms with Gasteiger partial charge in [-0.1, -0.05) is 61.7 Å². The molecule has 0 bridgehead atoms. The minimum atomic E-state index is -1.03. The van der Waals surface area contributed by atoms with Gasteiger partial charge in [0.25, 0.3) is 0 Å². The van der Waals surface area contributed by atoms with Crippen LogP contribution in [0.15, 0.2) is 54.6 Å². The van der Waals surface area contributed by atoms with E-state index < -0.39 is 35.2 Å². The summed E-state index contributed by atoms with van der Waals surface area (Å²) < 4.78 is 5.50. The molecule has 218 valence electrons. The number of rotatable bonds is 8. The Morgan fingerprint density at radius 3 is 2.17 bits per heavy atom. The quantitative estimate of drug-likeness (QED) is 0.393. The van der Waals surface area contributed by atoms with Gasteiger partial charge in [0.15, 0.2) is 0 Å². The van der Waals surface area contributed by atoms with Gasteiger partial charge in [0.1, 0.15) is 23.4 Å². The highest BCUT2D eigenvalue weighted by Crippen LogP contribution is 2.32. The first-order valence-corrected chi connectivity index (χ1v) is 14.2. The summed E-state index contributed by atoms with van der Waals surface area (Å²) in [6.45, 7) is 10.9. The predicted molar refractivity (Wildman–Crippen MR) is 156 cm³/mol. The molecule has 3 rings (SSSR count). The van der Waals surface area contributed by atoms with Crippen molar-refractivity contribution in [1.29, 1.82) is 0 Å². The molecule has 40 heavy (non-hydrogen) atoms. The van der Waals surface area contributed by atoms with Crippen LogP contribution in [0.4, 0.5) is 4.79 Å². The number of phenolic OH excluding ortho intramolecular Hbond substituents is 1. The van der Waals surface area contributed by atoms with Crippen LogP contribution >= 0.6 is 0 Å². The maximum Gasteiger partial charge on any atom is 0.408 e. The Hall–Kier alpha value is -3.55. The van der Waals surface area contributed by atoms with Crippen LogP contribution in [0.5, 0.6) is 5.75 Å². The third-order valence-corrected chi connectivity index (χ3v) is 6.88. The Morgan fingerprint density at radius 2 is 1.60 bits per heavy atom. The molecule has 2 atom stereocenters. The summed E-state index contributed by atoms with van der Waals surface area (Å²) in [7, 11) is 0. The molecule has 8 heteroatoms. The van der Waals surface area contributed by atoms with Crippen LogP contribution in [0.1, 0.15) is 90.8 Å². The number of hydrogen-bond acceptors (Lipinski definition) is 5. The van der Waals surface area contributed by atoms with Crippen molar-refractivity contribution >= 4 is 17.9 Å². The van der Waals surface area contributed by atoms with Crippen molar-refractivity contribution in [3.8, 4) is 5.75 Å². The molecule has 0 saturated heterocycles. The lowest BCUT2D eigenvalue weighted by molar-refractivity contribution is -0.148. The van der Waals surface area contributed by atoms with Crippen LogP contribution in [0.3, 0.4) is 0 Å². The molecular weight excluding hydrogens is 506 g/mol. The number of benzene rings is 2. The van der Waals surface area contributed by atoms with Crippen molar-refractivity contribution in [3.05, 3.63) is 65.7 Å². The Morgan fingerprint density at radius 1 is 0.950 bits per heavy atom. The maximum atomic E-state index is 14.5. The maximum absolute atomic E-state index is 14.5. The van der Waals surface area contributed by atoms with Gasteiger partial charge in [-0.15, -0.1) is 0 Å². The summed E-state index contributed by atoms with van der Waals surface area (Å²) >= 11 is 0.